The van der Waals surface area contributed by atoms with E-state index in [9.17, 15) is 9.59 Å². The van der Waals surface area contributed by atoms with Crippen molar-refractivity contribution in [2.45, 2.75) is 49.6 Å². The average Bonchev–Trinajstić information content (AvgIpc) is 3.10. The molecule has 0 saturated carbocycles. The van der Waals surface area contributed by atoms with Crippen molar-refractivity contribution in [1.82, 2.24) is 16.0 Å². The van der Waals surface area contributed by atoms with Gasteiger partial charge in [0.15, 0.2) is 0 Å². The number of nitrogens with one attached hydrogen (secondary N) is 3. The van der Waals surface area contributed by atoms with E-state index in [-0.39, 0.29) is 24.0 Å². The number of unbranched alkanes of at least 4 members (excludes halogenated alkanes) is 1. The molecule has 0 radical (unpaired) electrons. The smallest absolute Gasteiger partial charge is 0.315 e. The first-order valence-electron chi connectivity index (χ1n) is 8.41. The maximum atomic E-state index is 11.9. The van der Waals surface area contributed by atoms with Crippen molar-refractivity contribution in [3.63, 3.8) is 0 Å². The number of rotatable bonds is 7. The normalized spacial score (nSPS) is 25.0. The van der Waals surface area contributed by atoms with Crippen molar-refractivity contribution in [1.29, 1.82) is 0 Å². The number of carbonyl (C=O) groups is 2. The molecule has 1 aromatic rings. The fourth-order valence-corrected chi connectivity index (χ4v) is 4.74. The van der Waals surface area contributed by atoms with Crippen molar-refractivity contribution in [2.75, 3.05) is 11.5 Å². The molecule has 2 fully saturated rings. The van der Waals surface area contributed by atoms with Crippen molar-refractivity contribution < 1.29 is 9.59 Å². The quantitative estimate of drug-likeness (QED) is 0.342. The number of fused-ring (bicyclic) bond motifs is 1. The predicted molar refractivity (Wildman–Crippen MR) is 96.7 cm³/mol. The third-order valence-corrected chi connectivity index (χ3v) is 6.06. The molecule has 0 unspecified atom stereocenters. The van der Waals surface area contributed by atoms with E-state index >= 15 is 0 Å². The third-order valence-electron chi connectivity index (χ3n) is 4.55. The number of nitrogen functional groups attached to an aromatic ring is 1. The highest BCUT2D eigenvalue weighted by molar-refractivity contribution is 8.00. The average molecular weight is 348 g/mol. The Morgan fingerprint density at radius 2 is 2.04 bits per heavy atom. The maximum absolute atomic E-state index is 11.9. The summed E-state index contributed by atoms with van der Waals surface area (Å²) in [5, 5.41) is 9.35. The van der Waals surface area contributed by atoms with Crippen LogP contribution < -0.4 is 21.7 Å². The molecule has 2 aliphatic rings. The molecule has 3 amide bonds. The molecule has 2 aliphatic heterocycles. The third kappa shape index (κ3) is 4.35. The molecule has 130 valence electrons. The van der Waals surface area contributed by atoms with Gasteiger partial charge < -0.3 is 21.7 Å². The van der Waals surface area contributed by atoms with Crippen LogP contribution in [-0.2, 0) is 11.3 Å². The molecule has 24 heavy (non-hydrogen) atoms. The predicted octanol–water partition coefficient (Wildman–Crippen LogP) is 1.61. The highest BCUT2D eigenvalue weighted by Crippen LogP contribution is 2.33. The number of anilines is 1. The monoisotopic (exact) mass is 348 g/mol. The van der Waals surface area contributed by atoms with Crippen molar-refractivity contribution in [2.24, 2.45) is 0 Å². The van der Waals surface area contributed by atoms with Gasteiger partial charge in [-0.25, -0.2) is 4.79 Å². The molecule has 0 aliphatic carbocycles. The first-order chi connectivity index (χ1) is 11.6. The fourth-order valence-electron chi connectivity index (χ4n) is 3.20. The van der Waals surface area contributed by atoms with Crippen molar-refractivity contribution in [3.8, 4) is 0 Å². The second kappa shape index (κ2) is 7.79. The fraction of sp³-hybridized carbons (Fsp3) is 0.529. The van der Waals surface area contributed by atoms with Crippen molar-refractivity contribution in [3.05, 3.63) is 29.8 Å². The van der Waals surface area contributed by atoms with Crippen LogP contribution in [0.15, 0.2) is 24.3 Å². The molecule has 0 spiro atoms. The van der Waals surface area contributed by atoms with E-state index in [1.54, 1.807) is 0 Å². The second-order valence-corrected chi connectivity index (χ2v) is 7.66. The lowest BCUT2D eigenvalue weighted by atomic mass is 10.0. The molecular formula is C17H24N4O2S. The van der Waals surface area contributed by atoms with Gasteiger partial charge in [0.2, 0.25) is 5.91 Å². The minimum Gasteiger partial charge on any atom is -0.399 e. The summed E-state index contributed by atoms with van der Waals surface area (Å²) in [5.74, 6) is 1.07. The summed E-state index contributed by atoms with van der Waals surface area (Å²) < 4.78 is 0. The zero-order valence-corrected chi connectivity index (χ0v) is 14.4. The van der Waals surface area contributed by atoms with Crippen LogP contribution in [0.3, 0.4) is 0 Å². The summed E-state index contributed by atoms with van der Waals surface area (Å²) in [7, 11) is 0. The van der Waals surface area contributed by atoms with Gasteiger partial charge in [-0.05, 0) is 30.5 Å². The summed E-state index contributed by atoms with van der Waals surface area (Å²) in [5.41, 5.74) is 7.42. The summed E-state index contributed by atoms with van der Waals surface area (Å²) in [6.07, 6.45) is 3.47. The van der Waals surface area contributed by atoms with Crippen LogP contribution >= 0.6 is 11.8 Å². The number of urea groups is 1. The lowest BCUT2D eigenvalue weighted by Crippen LogP contribution is -2.36. The highest BCUT2D eigenvalue weighted by atomic mass is 32.2. The van der Waals surface area contributed by atoms with Gasteiger partial charge in [-0.3, -0.25) is 4.79 Å². The minimum absolute atomic E-state index is 0.0441. The Bertz CT molecular complexity index is 593. The van der Waals surface area contributed by atoms with Gasteiger partial charge in [-0.2, -0.15) is 11.8 Å². The Kier molecular flexibility index (Phi) is 5.50. The van der Waals surface area contributed by atoms with Gasteiger partial charge in [0.1, 0.15) is 0 Å². The molecular weight excluding hydrogens is 324 g/mol. The summed E-state index contributed by atoms with van der Waals surface area (Å²) in [6.45, 7) is 0.541. The SMILES string of the molecule is Nc1ccc(CNC(=O)CCCC[C@@H]2SC[C@@H]3NC(=O)N[C@@H]32)cc1. The van der Waals surface area contributed by atoms with E-state index in [1.807, 2.05) is 36.0 Å². The Hall–Kier alpha value is -1.89. The van der Waals surface area contributed by atoms with E-state index < -0.39 is 0 Å². The standard InChI is InChI=1S/C17H24N4O2S/c18-12-7-5-11(6-8-12)9-19-15(22)4-2-1-3-14-16-13(10-24-14)20-17(23)21-16/h5-8,13-14,16H,1-4,9-10,18H2,(H,19,22)(H2,20,21,23)/t13-,14-,16-/m0/s1. The van der Waals surface area contributed by atoms with E-state index in [0.29, 0.717) is 18.2 Å². The number of benzene rings is 1. The topological polar surface area (TPSA) is 96.2 Å². The van der Waals surface area contributed by atoms with Crippen LogP contribution in [0.1, 0.15) is 31.2 Å². The van der Waals surface area contributed by atoms with Gasteiger partial charge in [0.05, 0.1) is 12.1 Å². The highest BCUT2D eigenvalue weighted by Gasteiger charge is 2.42. The Morgan fingerprint density at radius 1 is 1.25 bits per heavy atom. The zero-order chi connectivity index (χ0) is 16.9. The summed E-state index contributed by atoms with van der Waals surface area (Å²) in [4.78, 5) is 23.2. The van der Waals surface area contributed by atoms with E-state index in [1.165, 1.54) is 0 Å². The number of thioether (sulfide) groups is 1. The number of carbonyl (C=O) groups excluding carboxylic acids is 2. The molecule has 3 atom stereocenters. The second-order valence-electron chi connectivity index (χ2n) is 6.39. The van der Waals surface area contributed by atoms with Crippen LogP contribution in [-0.4, -0.2) is 35.0 Å². The molecule has 7 heteroatoms. The minimum atomic E-state index is -0.0441. The van der Waals surface area contributed by atoms with Crippen molar-refractivity contribution >= 4 is 29.4 Å². The lowest BCUT2D eigenvalue weighted by molar-refractivity contribution is -0.121. The summed E-state index contributed by atoms with van der Waals surface area (Å²) >= 11 is 1.92. The Labute approximate surface area is 146 Å². The molecule has 6 nitrogen and oxygen atoms in total. The zero-order valence-electron chi connectivity index (χ0n) is 13.6. The molecule has 2 saturated heterocycles. The molecule has 0 bridgehead atoms. The van der Waals surface area contributed by atoms with E-state index in [4.69, 9.17) is 5.73 Å². The molecule has 3 rings (SSSR count). The van der Waals surface area contributed by atoms with Crippen LogP contribution in [0.5, 0.6) is 0 Å². The first-order valence-corrected chi connectivity index (χ1v) is 9.46. The van der Waals surface area contributed by atoms with Crippen LogP contribution in [0.25, 0.3) is 0 Å². The maximum Gasteiger partial charge on any atom is 0.315 e. The van der Waals surface area contributed by atoms with Gasteiger partial charge in [-0.1, -0.05) is 18.6 Å². The van der Waals surface area contributed by atoms with Gasteiger partial charge in [-0.15, -0.1) is 0 Å². The molecule has 2 heterocycles. The molecule has 5 N–H and O–H groups in total. The number of amides is 3. The Balaban J connectivity index is 1.30. The Morgan fingerprint density at radius 3 is 2.83 bits per heavy atom. The molecule has 0 aromatic heterocycles. The van der Waals surface area contributed by atoms with Crippen LogP contribution in [0.4, 0.5) is 10.5 Å². The van der Waals surface area contributed by atoms with Gasteiger partial charge in [0, 0.05) is 29.7 Å². The van der Waals surface area contributed by atoms with Gasteiger partial charge >= 0.3 is 6.03 Å². The molecule has 1 aromatic carbocycles. The van der Waals surface area contributed by atoms with Crippen LogP contribution in [0, 0.1) is 0 Å². The first kappa shape index (κ1) is 17.0. The number of hydrogen-bond donors (Lipinski definition) is 4. The van der Waals surface area contributed by atoms with E-state index in [2.05, 4.69) is 16.0 Å². The number of nitrogens with two attached hydrogens (primary N) is 1. The lowest BCUT2D eigenvalue weighted by Gasteiger charge is -2.16. The van der Waals surface area contributed by atoms with Crippen LogP contribution in [0.2, 0.25) is 0 Å². The van der Waals surface area contributed by atoms with Gasteiger partial charge in [0.25, 0.3) is 0 Å². The summed E-state index contributed by atoms with van der Waals surface area (Å²) in [6, 6.07) is 8.01. The van der Waals surface area contributed by atoms with E-state index in [0.717, 1.165) is 36.3 Å². The largest absolute Gasteiger partial charge is 0.399 e. The number of hydrogen-bond acceptors (Lipinski definition) is 4.